The first-order valence-electron chi connectivity index (χ1n) is 34.6. The molecule has 0 amide bonds. The quantitative estimate of drug-likeness (QED) is 0.151. The van der Waals surface area contributed by atoms with E-state index in [1.807, 2.05) is 121 Å². The number of hydrogen-bond acceptors (Lipinski definition) is 6. The molecule has 2 aliphatic rings. The number of nitrogens with zero attached hydrogens (tertiary/aromatic N) is 8. The summed E-state index contributed by atoms with van der Waals surface area (Å²) in [5.74, 6) is 3.90. The molecule has 4 heterocycles. The predicted octanol–water partition coefficient (Wildman–Crippen LogP) is 23.8. The third-order valence-electron chi connectivity index (χ3n) is 20.7. The summed E-state index contributed by atoms with van der Waals surface area (Å²) in [6.07, 6.45) is 0. The fourth-order valence-corrected chi connectivity index (χ4v) is 16.1. The third-order valence-corrected chi connectivity index (χ3v) is 20.7. The molecule has 22 rings (SSSR count). The Hall–Kier alpha value is -13.8. The molecule has 16 aromatic carbocycles. The summed E-state index contributed by atoms with van der Waals surface area (Å²) in [5, 5.41) is 15.3. The van der Waals surface area contributed by atoms with E-state index in [0.717, 1.165) is 44.8 Å². The lowest BCUT2D eigenvalue weighted by molar-refractivity contribution is 1.07. The average molecular weight is 1300 g/mol. The molecule has 20 aromatic rings. The van der Waals surface area contributed by atoms with Crippen molar-refractivity contribution in [3.63, 3.8) is 0 Å². The van der Waals surface area contributed by atoms with E-state index in [1.54, 1.807) is 0 Å². The van der Waals surface area contributed by atoms with E-state index in [-0.39, 0.29) is 0 Å². The van der Waals surface area contributed by atoms with Crippen LogP contribution in [0.1, 0.15) is 0 Å². The number of aromatic nitrogens is 8. The predicted molar refractivity (Wildman–Crippen MR) is 420 cm³/mol. The van der Waals surface area contributed by atoms with Crippen LogP contribution in [0.4, 0.5) is 0 Å². The lowest BCUT2D eigenvalue weighted by atomic mass is 9.91. The maximum absolute atomic E-state index is 5.04. The zero-order chi connectivity index (χ0) is 66.9. The molecule has 4 aromatic heterocycles. The Balaban J connectivity index is 0.000000133. The standard InChI is InChI=1S/2C47H28N4/c1-3-12-30(13-4-1)45-48-46(31-14-5-2-6-15-31)50-47(49-45)34-19-9-20-35(26-34)51-40-23-11-22-37-39-28-33-17-8-7-16-32(33)27-38(39)36-21-10-18-29-24-25-41(51)44(42(29)36)43(37)40;1-3-11-30(12-4-1)45-48-46(31-13-5-2-6-14-31)50-47(49-45)32-21-24-35(25-22-32)51-40-20-10-19-37-39-28-34-16-8-7-15-33(34)27-38(39)36-18-9-17-29-23-26-41(51)44(42(29)36)43(37)40/h2*1-28H. The fourth-order valence-electron chi connectivity index (χ4n) is 16.1. The lowest BCUT2D eigenvalue weighted by Gasteiger charge is -2.15. The molecule has 0 N–H and O–H groups in total. The van der Waals surface area contributed by atoms with Crippen molar-refractivity contribution in [1.82, 2.24) is 39.0 Å². The maximum Gasteiger partial charge on any atom is 0.164 e. The first kappa shape index (κ1) is 57.3. The minimum absolute atomic E-state index is 0.640. The van der Waals surface area contributed by atoms with Crippen LogP contribution in [0.2, 0.25) is 0 Å². The van der Waals surface area contributed by atoms with Crippen molar-refractivity contribution in [3.05, 3.63) is 340 Å². The Morgan fingerprint density at radius 3 is 0.824 bits per heavy atom. The van der Waals surface area contributed by atoms with Gasteiger partial charge in [0, 0.05) is 66.3 Å². The summed E-state index contributed by atoms with van der Waals surface area (Å²) in [6.45, 7) is 0. The summed E-state index contributed by atoms with van der Waals surface area (Å²) in [7, 11) is 0. The topological polar surface area (TPSA) is 87.2 Å². The fraction of sp³-hybridized carbons (Fsp3) is 0. The van der Waals surface area contributed by atoms with E-state index in [4.69, 9.17) is 29.9 Å². The molecule has 102 heavy (non-hydrogen) atoms. The van der Waals surface area contributed by atoms with E-state index in [9.17, 15) is 0 Å². The van der Waals surface area contributed by atoms with Crippen molar-refractivity contribution in [2.45, 2.75) is 0 Å². The van der Waals surface area contributed by atoms with E-state index in [2.05, 4.69) is 228 Å². The van der Waals surface area contributed by atoms with Gasteiger partial charge in [-0.25, -0.2) is 29.9 Å². The minimum atomic E-state index is 0.640. The van der Waals surface area contributed by atoms with Crippen LogP contribution in [0.3, 0.4) is 0 Å². The molecule has 0 aliphatic heterocycles. The molecule has 0 fully saturated rings. The summed E-state index contributed by atoms with van der Waals surface area (Å²) in [6, 6.07) is 121. The van der Waals surface area contributed by atoms with Crippen molar-refractivity contribution in [3.8, 4) is 124 Å². The number of fused-ring (bicyclic) bond motifs is 8. The van der Waals surface area contributed by atoms with Gasteiger partial charge in [-0.05, 0) is 173 Å². The van der Waals surface area contributed by atoms with Gasteiger partial charge in [-0.1, -0.05) is 255 Å². The zero-order valence-corrected chi connectivity index (χ0v) is 54.9. The summed E-state index contributed by atoms with van der Waals surface area (Å²) >= 11 is 0. The van der Waals surface area contributed by atoms with E-state index >= 15 is 0 Å². The number of benzene rings is 16. The van der Waals surface area contributed by atoms with Gasteiger partial charge in [0.1, 0.15) is 0 Å². The summed E-state index contributed by atoms with van der Waals surface area (Å²) in [4.78, 5) is 29.8. The minimum Gasteiger partial charge on any atom is -0.309 e. The van der Waals surface area contributed by atoms with E-state index < -0.39 is 0 Å². The Morgan fingerprint density at radius 2 is 0.441 bits per heavy atom. The van der Waals surface area contributed by atoms with Crippen molar-refractivity contribution in [2.75, 3.05) is 0 Å². The maximum atomic E-state index is 5.04. The van der Waals surface area contributed by atoms with Crippen molar-refractivity contribution in [2.24, 2.45) is 0 Å². The van der Waals surface area contributed by atoms with Crippen LogP contribution in [-0.4, -0.2) is 39.0 Å². The van der Waals surface area contributed by atoms with Gasteiger partial charge in [0.15, 0.2) is 34.9 Å². The second kappa shape index (κ2) is 22.9. The molecular weight excluding hydrogens is 1240 g/mol. The zero-order valence-electron chi connectivity index (χ0n) is 54.9. The summed E-state index contributed by atoms with van der Waals surface area (Å²) in [5.41, 5.74) is 22.8. The molecule has 8 heteroatoms. The first-order valence-corrected chi connectivity index (χ1v) is 34.6. The molecule has 472 valence electrons. The molecule has 0 spiro atoms. The van der Waals surface area contributed by atoms with Crippen LogP contribution in [0.5, 0.6) is 0 Å². The van der Waals surface area contributed by atoms with E-state index in [0.29, 0.717) is 34.9 Å². The first-order chi connectivity index (χ1) is 50.6. The Kier molecular flexibility index (Phi) is 12.9. The molecule has 2 aliphatic carbocycles. The van der Waals surface area contributed by atoms with Gasteiger partial charge in [0.25, 0.3) is 0 Å². The molecule has 8 nitrogen and oxygen atoms in total. The third kappa shape index (κ3) is 9.10. The van der Waals surface area contributed by atoms with Gasteiger partial charge < -0.3 is 9.13 Å². The van der Waals surface area contributed by atoms with Gasteiger partial charge in [0.05, 0.1) is 22.1 Å². The monoisotopic (exact) mass is 1300 g/mol. The van der Waals surface area contributed by atoms with Crippen LogP contribution in [-0.2, 0) is 0 Å². The highest BCUT2D eigenvalue weighted by Gasteiger charge is 2.28. The molecule has 0 unspecified atom stereocenters. The highest BCUT2D eigenvalue weighted by Crippen LogP contribution is 2.53. The number of rotatable bonds is 8. The smallest absolute Gasteiger partial charge is 0.164 e. The number of hydrogen-bond donors (Lipinski definition) is 0. The van der Waals surface area contributed by atoms with Crippen LogP contribution < -0.4 is 0 Å². The van der Waals surface area contributed by atoms with Gasteiger partial charge in [-0.3, -0.25) is 0 Å². The van der Waals surface area contributed by atoms with Crippen molar-refractivity contribution >= 4 is 86.7 Å². The van der Waals surface area contributed by atoms with Gasteiger partial charge >= 0.3 is 0 Å². The largest absolute Gasteiger partial charge is 0.309 e. The molecule has 0 atom stereocenters. The van der Waals surface area contributed by atoms with Crippen molar-refractivity contribution < 1.29 is 0 Å². The Labute approximate surface area is 586 Å². The lowest BCUT2D eigenvalue weighted by Crippen LogP contribution is -2.01. The van der Waals surface area contributed by atoms with Crippen LogP contribution in [0.25, 0.3) is 211 Å². The van der Waals surface area contributed by atoms with Gasteiger partial charge in [-0.15, -0.1) is 0 Å². The van der Waals surface area contributed by atoms with Crippen molar-refractivity contribution in [1.29, 1.82) is 0 Å². The van der Waals surface area contributed by atoms with Crippen LogP contribution in [0.15, 0.2) is 340 Å². The highest BCUT2D eigenvalue weighted by molar-refractivity contribution is 6.32. The van der Waals surface area contributed by atoms with Gasteiger partial charge in [-0.2, -0.15) is 0 Å². The molecule has 0 saturated heterocycles. The molecule has 0 bridgehead atoms. The highest BCUT2D eigenvalue weighted by atomic mass is 15.1. The van der Waals surface area contributed by atoms with E-state index in [1.165, 1.54) is 131 Å². The molecule has 0 saturated carbocycles. The summed E-state index contributed by atoms with van der Waals surface area (Å²) < 4.78 is 4.83. The Morgan fingerprint density at radius 1 is 0.157 bits per heavy atom. The SMILES string of the molecule is c1ccc(-c2nc(-c3ccccc3)nc(-c3ccc(-n4c5cccc6c5c5c7c(cccc7ccc54)-c4cc5ccccc5cc4-6)cc3)n2)cc1.c1ccc(-c2nc(-c3ccccc3)nc(-c3cccc(-n4c5cccc6c5c5c7c(cccc7ccc54)-c4cc5ccccc5cc4-6)c3)n2)cc1. The second-order valence-electron chi connectivity index (χ2n) is 26.5. The second-order valence-corrected chi connectivity index (χ2v) is 26.5. The van der Waals surface area contributed by atoms with Gasteiger partial charge in [0.2, 0.25) is 0 Å². The molecule has 0 radical (unpaired) electrons. The normalized spacial score (nSPS) is 11.9. The van der Waals surface area contributed by atoms with Crippen LogP contribution >= 0.6 is 0 Å². The van der Waals surface area contributed by atoms with Crippen LogP contribution in [0, 0.1) is 0 Å². The Bertz CT molecular complexity index is 6730. The molecular formula is C94H56N8. The average Bonchev–Trinajstić information content (AvgIpc) is 1.54.